The van der Waals surface area contributed by atoms with Crippen molar-refractivity contribution in [3.63, 3.8) is 0 Å². The average Bonchev–Trinajstić information content (AvgIpc) is 3.08. The number of methoxy groups -OCH3 is 1. The molecule has 3 aromatic rings. The highest BCUT2D eigenvalue weighted by Crippen LogP contribution is 2.28. The lowest BCUT2D eigenvalue weighted by Gasteiger charge is -2.10. The molecule has 0 unspecified atom stereocenters. The molecule has 102 valence electrons. The largest absolute Gasteiger partial charge is 0.497 e. The Morgan fingerprint density at radius 1 is 1.35 bits per heavy atom. The maximum absolute atomic E-state index is 5.37. The van der Waals surface area contributed by atoms with E-state index in [4.69, 9.17) is 17.0 Å². The Balaban J connectivity index is 2.20. The van der Waals surface area contributed by atoms with Crippen LogP contribution >= 0.6 is 23.6 Å². The number of thiophene rings is 1. The van der Waals surface area contributed by atoms with Gasteiger partial charge in [-0.15, -0.1) is 11.3 Å². The molecule has 20 heavy (non-hydrogen) atoms. The molecular formula is C14H13N3OS2. The van der Waals surface area contributed by atoms with Crippen molar-refractivity contribution in [2.24, 2.45) is 0 Å². The number of aromatic amines is 1. The minimum Gasteiger partial charge on any atom is -0.497 e. The summed E-state index contributed by atoms with van der Waals surface area (Å²) in [6.07, 6.45) is 0. The van der Waals surface area contributed by atoms with Crippen LogP contribution in [0, 0.1) is 11.7 Å². The highest BCUT2D eigenvalue weighted by Gasteiger charge is 2.13. The first-order chi connectivity index (χ1) is 9.70. The van der Waals surface area contributed by atoms with Crippen molar-refractivity contribution < 1.29 is 4.74 Å². The van der Waals surface area contributed by atoms with Crippen molar-refractivity contribution in [2.45, 2.75) is 6.92 Å². The quantitative estimate of drug-likeness (QED) is 0.744. The van der Waals surface area contributed by atoms with Gasteiger partial charge < -0.3 is 4.74 Å². The van der Waals surface area contributed by atoms with Crippen molar-refractivity contribution in [3.05, 3.63) is 46.0 Å². The van der Waals surface area contributed by atoms with Gasteiger partial charge in [0.05, 0.1) is 17.7 Å². The van der Waals surface area contributed by atoms with Crippen LogP contribution in [0.4, 0.5) is 0 Å². The molecule has 0 fully saturated rings. The first-order valence-electron chi connectivity index (χ1n) is 6.07. The van der Waals surface area contributed by atoms with Crippen molar-refractivity contribution in [2.75, 3.05) is 7.11 Å². The number of H-pyrrole nitrogens is 1. The van der Waals surface area contributed by atoms with Gasteiger partial charge in [0.15, 0.2) is 10.6 Å². The molecule has 4 nitrogen and oxygen atoms in total. The summed E-state index contributed by atoms with van der Waals surface area (Å²) >= 11 is 7.01. The highest BCUT2D eigenvalue weighted by atomic mass is 32.1. The summed E-state index contributed by atoms with van der Waals surface area (Å²) in [7, 11) is 1.66. The zero-order valence-electron chi connectivity index (χ0n) is 11.1. The third-order valence-electron chi connectivity index (χ3n) is 3.06. The van der Waals surface area contributed by atoms with Gasteiger partial charge in [-0.05, 0) is 54.4 Å². The maximum atomic E-state index is 5.37. The monoisotopic (exact) mass is 303 g/mol. The number of hydrogen-bond acceptors (Lipinski definition) is 4. The topological polar surface area (TPSA) is 42.8 Å². The smallest absolute Gasteiger partial charge is 0.200 e. The molecule has 0 saturated carbocycles. The van der Waals surface area contributed by atoms with E-state index in [1.165, 1.54) is 0 Å². The lowest BCUT2D eigenvalue weighted by molar-refractivity contribution is 0.414. The fraction of sp³-hybridized carbons (Fsp3) is 0.143. The molecule has 2 heterocycles. The number of nitrogens with zero attached hydrogens (tertiary/aromatic N) is 2. The first-order valence-corrected chi connectivity index (χ1v) is 7.36. The van der Waals surface area contributed by atoms with Crippen LogP contribution < -0.4 is 4.74 Å². The third-order valence-corrected chi connectivity index (χ3v) is 4.20. The number of aryl methyl sites for hydroxylation is 1. The summed E-state index contributed by atoms with van der Waals surface area (Å²) < 4.78 is 7.78. The van der Waals surface area contributed by atoms with Crippen molar-refractivity contribution >= 4 is 23.6 Å². The van der Waals surface area contributed by atoms with Crippen molar-refractivity contribution in [1.29, 1.82) is 0 Å². The van der Waals surface area contributed by atoms with Gasteiger partial charge in [-0.3, -0.25) is 9.67 Å². The number of hydrogen-bond donors (Lipinski definition) is 1. The highest BCUT2D eigenvalue weighted by molar-refractivity contribution is 7.71. The lowest BCUT2D eigenvalue weighted by atomic mass is 10.2. The summed E-state index contributed by atoms with van der Waals surface area (Å²) in [5.74, 6) is 1.66. The van der Waals surface area contributed by atoms with E-state index in [0.29, 0.717) is 4.77 Å². The van der Waals surface area contributed by atoms with Crippen LogP contribution in [0.3, 0.4) is 0 Å². The fourth-order valence-electron chi connectivity index (χ4n) is 2.10. The van der Waals surface area contributed by atoms with E-state index in [1.54, 1.807) is 18.4 Å². The van der Waals surface area contributed by atoms with Gasteiger partial charge in [0, 0.05) is 0 Å². The summed E-state index contributed by atoms with van der Waals surface area (Å²) in [6.45, 7) is 2.03. The molecule has 1 N–H and O–H groups in total. The van der Waals surface area contributed by atoms with E-state index < -0.39 is 0 Å². The maximum Gasteiger partial charge on any atom is 0.200 e. The van der Waals surface area contributed by atoms with Crippen LogP contribution in [0.1, 0.15) is 5.56 Å². The SMILES string of the molecule is COc1ccc(-n2c(-c3cccs3)n[nH]c2=S)c(C)c1. The molecule has 6 heteroatoms. The van der Waals surface area contributed by atoms with Gasteiger partial charge in [0.25, 0.3) is 0 Å². The van der Waals surface area contributed by atoms with Crippen molar-refractivity contribution in [1.82, 2.24) is 14.8 Å². The number of aromatic nitrogens is 3. The normalized spacial score (nSPS) is 10.7. The number of benzene rings is 1. The third kappa shape index (κ3) is 2.17. The van der Waals surface area contributed by atoms with E-state index in [9.17, 15) is 0 Å². The lowest BCUT2D eigenvalue weighted by Crippen LogP contribution is -2.00. The molecule has 1 aromatic carbocycles. The Labute approximate surface area is 125 Å². The Morgan fingerprint density at radius 2 is 2.20 bits per heavy atom. The van der Waals surface area contributed by atoms with Crippen LogP contribution in [0.2, 0.25) is 0 Å². The second kappa shape index (κ2) is 5.22. The molecule has 0 radical (unpaired) electrons. The van der Waals surface area contributed by atoms with Gasteiger partial charge in [0.1, 0.15) is 5.75 Å². The van der Waals surface area contributed by atoms with Crippen LogP contribution in [0.25, 0.3) is 16.4 Å². The zero-order valence-corrected chi connectivity index (χ0v) is 12.7. The molecule has 0 spiro atoms. The van der Waals surface area contributed by atoms with E-state index in [1.807, 2.05) is 47.2 Å². The fourth-order valence-corrected chi connectivity index (χ4v) is 3.03. The summed E-state index contributed by atoms with van der Waals surface area (Å²) in [5, 5.41) is 9.24. The zero-order chi connectivity index (χ0) is 14.1. The molecule has 3 rings (SSSR count). The van der Waals surface area contributed by atoms with E-state index in [2.05, 4.69) is 10.2 Å². The van der Waals surface area contributed by atoms with Gasteiger partial charge in [0.2, 0.25) is 0 Å². The molecule has 0 atom stereocenters. The number of ether oxygens (including phenoxy) is 1. The van der Waals surface area contributed by atoms with Gasteiger partial charge in [-0.1, -0.05) is 6.07 Å². The van der Waals surface area contributed by atoms with Crippen LogP contribution in [-0.4, -0.2) is 21.9 Å². The molecule has 0 saturated heterocycles. The predicted octanol–water partition coefficient (Wildman–Crippen LogP) is 3.98. The second-order valence-electron chi connectivity index (χ2n) is 4.32. The Kier molecular flexibility index (Phi) is 3.42. The number of nitrogens with one attached hydrogen (secondary N) is 1. The van der Waals surface area contributed by atoms with Crippen LogP contribution in [0.15, 0.2) is 35.7 Å². The molecular weight excluding hydrogens is 290 g/mol. The van der Waals surface area contributed by atoms with Gasteiger partial charge >= 0.3 is 0 Å². The Morgan fingerprint density at radius 3 is 2.85 bits per heavy atom. The molecule has 0 aliphatic carbocycles. The van der Waals surface area contributed by atoms with Crippen LogP contribution in [0.5, 0.6) is 5.75 Å². The Hall–Kier alpha value is -1.92. The molecule has 0 amide bonds. The summed E-state index contributed by atoms with van der Waals surface area (Å²) in [4.78, 5) is 1.08. The minimum atomic E-state index is 0.585. The van der Waals surface area contributed by atoms with Gasteiger partial charge in [-0.25, -0.2) is 0 Å². The van der Waals surface area contributed by atoms with E-state index in [-0.39, 0.29) is 0 Å². The predicted molar refractivity (Wildman–Crippen MR) is 83.4 cm³/mol. The molecule has 0 bridgehead atoms. The number of rotatable bonds is 3. The average molecular weight is 303 g/mol. The molecule has 0 aliphatic heterocycles. The molecule has 2 aromatic heterocycles. The van der Waals surface area contributed by atoms with E-state index >= 15 is 0 Å². The van der Waals surface area contributed by atoms with Crippen LogP contribution in [-0.2, 0) is 0 Å². The Bertz CT molecular complexity index is 787. The first kappa shape index (κ1) is 13.1. The van der Waals surface area contributed by atoms with Crippen molar-refractivity contribution in [3.8, 4) is 22.1 Å². The summed E-state index contributed by atoms with van der Waals surface area (Å²) in [5.41, 5.74) is 2.09. The second-order valence-corrected chi connectivity index (χ2v) is 5.65. The standard InChI is InChI=1S/C14H13N3OS2/c1-9-8-10(18-2)5-6-11(9)17-13(15-16-14(17)19)12-4-3-7-20-12/h3-8H,1-2H3,(H,16,19). The molecule has 0 aliphatic rings. The minimum absolute atomic E-state index is 0.585. The van der Waals surface area contributed by atoms with E-state index in [0.717, 1.165) is 27.7 Å². The van der Waals surface area contributed by atoms with Gasteiger partial charge in [-0.2, -0.15) is 5.10 Å². The summed E-state index contributed by atoms with van der Waals surface area (Å²) in [6, 6.07) is 9.95.